The Morgan fingerprint density at radius 2 is 2.03 bits per heavy atom. The Morgan fingerprint density at radius 1 is 1.24 bits per heavy atom. The smallest absolute Gasteiger partial charge is 0.201 e. The number of H-pyrrole nitrogens is 1. The fourth-order valence-corrected chi connectivity index (χ4v) is 4.78. The van der Waals surface area contributed by atoms with Gasteiger partial charge in [-0.25, -0.2) is 0 Å². The van der Waals surface area contributed by atoms with Crippen molar-refractivity contribution in [2.24, 2.45) is 4.99 Å². The van der Waals surface area contributed by atoms with Crippen molar-refractivity contribution in [3.8, 4) is 17.0 Å². The number of fused-ring (bicyclic) bond motifs is 1. The molecule has 7 nitrogen and oxygen atoms in total. The highest BCUT2D eigenvalue weighted by Gasteiger charge is 2.28. The lowest BCUT2D eigenvalue weighted by Gasteiger charge is -2.29. The summed E-state index contributed by atoms with van der Waals surface area (Å²) in [6.45, 7) is 3.78. The van der Waals surface area contributed by atoms with Gasteiger partial charge in [-0.1, -0.05) is 23.7 Å². The number of aliphatic imine (C=N–C) groups is 1. The molecule has 0 radical (unpaired) electrons. The number of morpholine rings is 1. The minimum absolute atomic E-state index is 0.000860. The quantitative estimate of drug-likeness (QED) is 0.535. The minimum Gasteiger partial charge on any atom is -0.473 e. The summed E-state index contributed by atoms with van der Waals surface area (Å²) < 4.78 is 17.2. The van der Waals surface area contributed by atoms with E-state index in [1.54, 1.807) is 13.3 Å². The molecule has 174 valence electrons. The molecule has 2 fully saturated rings. The van der Waals surface area contributed by atoms with Crippen molar-refractivity contribution in [1.29, 1.82) is 0 Å². The highest BCUT2D eigenvalue weighted by atomic mass is 35.5. The van der Waals surface area contributed by atoms with E-state index in [0.29, 0.717) is 23.9 Å². The number of aromatic amines is 1. The molecule has 0 bridgehead atoms. The molecule has 1 aromatic heterocycles. The van der Waals surface area contributed by atoms with Crippen molar-refractivity contribution < 1.29 is 19.3 Å². The van der Waals surface area contributed by atoms with Gasteiger partial charge in [0.1, 0.15) is 6.10 Å². The zero-order valence-corrected chi connectivity index (χ0v) is 19.3. The second-order valence-corrected chi connectivity index (χ2v) is 8.80. The second kappa shape index (κ2) is 9.73. The number of aliphatic hydroxyl groups is 1. The summed E-state index contributed by atoms with van der Waals surface area (Å²) >= 11 is 6.70. The van der Waals surface area contributed by atoms with Gasteiger partial charge in [-0.2, -0.15) is 0 Å². The molecule has 0 aliphatic carbocycles. The monoisotopic (exact) mass is 469 g/mol. The van der Waals surface area contributed by atoms with E-state index in [4.69, 9.17) is 25.8 Å². The average molecular weight is 470 g/mol. The van der Waals surface area contributed by atoms with E-state index in [1.165, 1.54) is 5.69 Å². The standard InChI is InChI=1S/C25H28ClN3O4/c1-27-13-22-21-11-20(16-2-4-17(5-3-16)29-6-8-31-9-7-29)23(26)12-24(21)28-25(22)33-19-10-18(14-30)32-15-19/h2-5,11-13,18-19,28,30H,6-10,14-15H2,1H3/b27-13+/t18?,19-/m0/s1. The van der Waals surface area contributed by atoms with Crippen LogP contribution in [0.1, 0.15) is 12.0 Å². The summed E-state index contributed by atoms with van der Waals surface area (Å²) in [5.74, 6) is 0.638. The van der Waals surface area contributed by atoms with Gasteiger partial charge < -0.3 is 29.2 Å². The number of aliphatic hydroxyl groups excluding tert-OH is 1. The molecule has 2 atom stereocenters. The fraction of sp³-hybridized carbons (Fsp3) is 0.400. The number of nitrogens with one attached hydrogen (secondary N) is 1. The van der Waals surface area contributed by atoms with Crippen LogP contribution >= 0.6 is 11.6 Å². The molecule has 2 aliphatic heterocycles. The summed E-state index contributed by atoms with van der Waals surface area (Å²) in [4.78, 5) is 9.91. The van der Waals surface area contributed by atoms with Crippen LogP contribution in [0.2, 0.25) is 5.02 Å². The molecule has 33 heavy (non-hydrogen) atoms. The number of rotatable bonds is 6. The maximum absolute atomic E-state index is 9.33. The van der Waals surface area contributed by atoms with Crippen LogP contribution in [-0.2, 0) is 9.47 Å². The molecule has 3 aromatic rings. The number of anilines is 1. The molecule has 8 heteroatoms. The van der Waals surface area contributed by atoms with E-state index in [2.05, 4.69) is 45.2 Å². The topological polar surface area (TPSA) is 79.3 Å². The normalized spacial score (nSPS) is 21.4. The summed E-state index contributed by atoms with van der Waals surface area (Å²) in [7, 11) is 1.74. The summed E-state index contributed by atoms with van der Waals surface area (Å²) in [5.41, 5.74) is 4.96. The molecule has 2 aliphatic rings. The Morgan fingerprint density at radius 3 is 2.73 bits per heavy atom. The highest BCUT2D eigenvalue weighted by Crippen LogP contribution is 2.37. The molecular weight excluding hydrogens is 442 g/mol. The van der Waals surface area contributed by atoms with Crippen molar-refractivity contribution in [2.45, 2.75) is 18.6 Å². The number of hydrogen-bond donors (Lipinski definition) is 2. The number of benzene rings is 2. The minimum atomic E-state index is -0.177. The van der Waals surface area contributed by atoms with Gasteiger partial charge in [0.05, 0.1) is 48.6 Å². The molecule has 0 spiro atoms. The zero-order valence-electron chi connectivity index (χ0n) is 18.6. The molecule has 0 amide bonds. The van der Waals surface area contributed by atoms with Crippen LogP contribution in [0.3, 0.4) is 0 Å². The Balaban J connectivity index is 1.46. The molecule has 3 heterocycles. The van der Waals surface area contributed by atoms with E-state index in [9.17, 15) is 5.11 Å². The number of nitrogens with zero attached hydrogens (tertiary/aromatic N) is 2. The maximum Gasteiger partial charge on any atom is 0.201 e. The van der Waals surface area contributed by atoms with Crippen LogP contribution in [0, 0.1) is 0 Å². The summed E-state index contributed by atoms with van der Waals surface area (Å²) in [6.07, 6.45) is 2.15. The SMILES string of the molecule is C/N=C/c1c(O[C@@H]2COC(CO)C2)[nH]c2cc(Cl)c(-c3ccc(N4CCOCC4)cc3)cc12. The molecule has 2 saturated heterocycles. The van der Waals surface area contributed by atoms with Gasteiger partial charge in [-0.15, -0.1) is 0 Å². The third-order valence-corrected chi connectivity index (χ3v) is 6.55. The van der Waals surface area contributed by atoms with Gasteiger partial charge in [0.25, 0.3) is 0 Å². The van der Waals surface area contributed by atoms with Crippen molar-refractivity contribution in [3.63, 3.8) is 0 Å². The number of halogens is 1. The third kappa shape index (κ3) is 4.59. The first-order chi connectivity index (χ1) is 16.2. The van der Waals surface area contributed by atoms with Gasteiger partial charge in [-0.3, -0.25) is 4.99 Å². The van der Waals surface area contributed by atoms with Gasteiger partial charge in [0.2, 0.25) is 5.88 Å². The molecule has 2 N–H and O–H groups in total. The van der Waals surface area contributed by atoms with Gasteiger partial charge in [-0.05, 0) is 29.8 Å². The first kappa shape index (κ1) is 22.2. The van der Waals surface area contributed by atoms with Crippen LogP contribution in [0.15, 0.2) is 41.4 Å². The number of hydrogen-bond acceptors (Lipinski definition) is 6. The van der Waals surface area contributed by atoms with E-state index in [-0.39, 0.29) is 18.8 Å². The van der Waals surface area contributed by atoms with Crippen molar-refractivity contribution in [2.75, 3.05) is 51.5 Å². The zero-order chi connectivity index (χ0) is 22.8. The summed E-state index contributed by atoms with van der Waals surface area (Å²) in [5, 5.41) is 11.0. The van der Waals surface area contributed by atoms with Gasteiger partial charge in [0, 0.05) is 49.4 Å². The lowest BCUT2D eigenvalue weighted by molar-refractivity contribution is 0.0531. The van der Waals surface area contributed by atoms with Crippen LogP contribution in [0.4, 0.5) is 5.69 Å². The third-order valence-electron chi connectivity index (χ3n) is 6.23. The molecular formula is C25H28ClN3O4. The van der Waals surface area contributed by atoms with Crippen LogP contribution < -0.4 is 9.64 Å². The Hall–Kier alpha value is -2.58. The molecule has 5 rings (SSSR count). The van der Waals surface area contributed by atoms with Crippen LogP contribution in [-0.4, -0.2) is 75.1 Å². The van der Waals surface area contributed by atoms with Crippen LogP contribution in [0.5, 0.6) is 5.88 Å². The van der Waals surface area contributed by atoms with Crippen molar-refractivity contribution in [1.82, 2.24) is 4.98 Å². The summed E-state index contributed by atoms with van der Waals surface area (Å²) in [6, 6.07) is 12.5. The lowest BCUT2D eigenvalue weighted by Crippen LogP contribution is -2.36. The first-order valence-corrected chi connectivity index (χ1v) is 11.6. The predicted octanol–water partition coefficient (Wildman–Crippen LogP) is 3.90. The Kier molecular flexibility index (Phi) is 6.55. The Bertz CT molecular complexity index is 1140. The highest BCUT2D eigenvalue weighted by molar-refractivity contribution is 6.34. The van der Waals surface area contributed by atoms with Crippen molar-refractivity contribution in [3.05, 3.63) is 47.0 Å². The first-order valence-electron chi connectivity index (χ1n) is 11.3. The Labute approximate surface area is 197 Å². The molecule has 1 unspecified atom stereocenters. The molecule has 2 aromatic carbocycles. The van der Waals surface area contributed by atoms with Crippen LogP contribution in [0.25, 0.3) is 22.0 Å². The lowest BCUT2D eigenvalue weighted by atomic mass is 10.0. The van der Waals surface area contributed by atoms with E-state index in [1.807, 2.05) is 6.07 Å². The van der Waals surface area contributed by atoms with Crippen molar-refractivity contribution >= 4 is 34.4 Å². The number of aromatic nitrogens is 1. The largest absolute Gasteiger partial charge is 0.473 e. The fourth-order valence-electron chi connectivity index (χ4n) is 4.51. The van der Waals surface area contributed by atoms with Gasteiger partial charge in [0.15, 0.2) is 0 Å². The van der Waals surface area contributed by atoms with E-state index < -0.39 is 0 Å². The molecule has 0 saturated carbocycles. The van der Waals surface area contributed by atoms with Gasteiger partial charge >= 0.3 is 0 Å². The van der Waals surface area contributed by atoms with E-state index in [0.717, 1.165) is 53.9 Å². The van der Waals surface area contributed by atoms with E-state index >= 15 is 0 Å². The second-order valence-electron chi connectivity index (χ2n) is 8.39. The predicted molar refractivity (Wildman–Crippen MR) is 131 cm³/mol. The average Bonchev–Trinajstić information content (AvgIpc) is 3.44. The number of ether oxygens (including phenoxy) is 3. The maximum atomic E-state index is 9.33.